The molecule has 6 fully saturated rings. The number of ether oxygens (including phenoxy) is 5. The van der Waals surface area contributed by atoms with Gasteiger partial charge >= 0.3 is 5.97 Å². The zero-order valence-corrected chi connectivity index (χ0v) is 48.4. The highest BCUT2D eigenvalue weighted by atomic mass is 79.9. The number of aliphatic hydroxyl groups excluding tert-OH is 5. The van der Waals surface area contributed by atoms with Crippen LogP contribution in [0.5, 0.6) is 0 Å². The number of benzene rings is 1. The number of carbonyl (C=O) groups is 3. The number of carboxylic acid groups (broad SMARTS) is 1. The fraction of sp³-hybridized carbons (Fsp3) is 0.842. The summed E-state index contributed by atoms with van der Waals surface area (Å²) in [5.41, 5.74) is 2.36. The molecule has 4 saturated heterocycles. The molecule has 12 N–H and O–H groups in total. The molecule has 14 unspecified atom stereocenters. The van der Waals surface area contributed by atoms with E-state index in [0.29, 0.717) is 58.3 Å². The van der Waals surface area contributed by atoms with Crippen LogP contribution in [0.25, 0.3) is 0 Å². The summed E-state index contributed by atoms with van der Waals surface area (Å²) in [4.78, 5) is 44.1. The summed E-state index contributed by atoms with van der Waals surface area (Å²) in [5.74, 6) is -2.74. The van der Waals surface area contributed by atoms with Crippen molar-refractivity contribution in [2.24, 2.45) is 23.7 Å². The second-order valence-electron chi connectivity index (χ2n) is 23.1. The molecule has 15 atom stereocenters. The van der Waals surface area contributed by atoms with Crippen molar-refractivity contribution in [1.82, 2.24) is 36.8 Å². The first-order valence-electron chi connectivity index (χ1n) is 29.9. The summed E-state index contributed by atoms with van der Waals surface area (Å²) in [5, 5.41) is 86.2. The number of aliphatic hydroxyl groups is 5. The fourth-order valence-electron chi connectivity index (χ4n) is 12.5. The van der Waals surface area contributed by atoms with Gasteiger partial charge in [-0.05, 0) is 133 Å². The van der Waals surface area contributed by atoms with Crippen LogP contribution in [-0.4, -0.2) is 211 Å². The lowest BCUT2D eigenvalue weighted by Crippen LogP contribution is -2.68. The van der Waals surface area contributed by atoms with Gasteiger partial charge in [-0.3, -0.25) is 14.5 Å². The minimum absolute atomic E-state index is 0.0217. The fourth-order valence-corrected chi connectivity index (χ4v) is 13.0. The van der Waals surface area contributed by atoms with E-state index in [-0.39, 0.29) is 42.8 Å². The van der Waals surface area contributed by atoms with Crippen molar-refractivity contribution >= 4 is 33.6 Å². The maximum Gasteiger partial charge on any atom is 0.332 e. The summed E-state index contributed by atoms with van der Waals surface area (Å²) < 4.78 is 33.3. The van der Waals surface area contributed by atoms with E-state index in [1.54, 1.807) is 6.92 Å². The maximum atomic E-state index is 14.4. The summed E-state index contributed by atoms with van der Waals surface area (Å²) in [7, 11) is 0. The number of halogens is 1. The molecule has 7 rings (SSSR count). The molecule has 0 spiro atoms. The number of carboxylic acids is 1. The molecule has 21 nitrogen and oxygen atoms in total. The minimum atomic E-state index is -1.64. The molecule has 4 aliphatic heterocycles. The number of hydrogen-bond acceptors (Lipinski definition) is 19. The standard InChI is InChI=1S/C57H96BrN7O14/c1-3-38-30-41(43(67)12-7-17-63-32-37-13-14-40(42(58)28-37)33-65-26-9-20-60-24-23-59-18-8-19-61-25-27-65)31-44(52(38)79-57-51(71)50(70)48(68)35(2)75-57)77-56-47(64-54(72)39-15-21-62-22-16-39)53(49(69)46(34-66)78-56)76-45(55(73)74)29-36-10-5-4-6-11-36/h13-14,28,35-36,38-39,41,44-53,56-57,59-63,66,68-71H,3-12,15-27,29-34H2,1-2H3,(H,64,72)(H,73,74)/t35?,38?,41?,44?,45-,46?,47?,48?,49?,50?,51?,52?,53?,56?,57?/m0/s1. The topological polar surface area (TPSA) is 294 Å². The highest BCUT2D eigenvalue weighted by Crippen LogP contribution is 2.41. The number of hydrogen-bond donors (Lipinski definition) is 12. The molecule has 22 heteroatoms. The largest absolute Gasteiger partial charge is 0.479 e. The molecule has 450 valence electrons. The van der Waals surface area contributed by atoms with Gasteiger partial charge in [-0.25, -0.2) is 4.79 Å². The normalized spacial score (nSPS) is 34.1. The average molecular weight is 1180 g/mol. The number of amides is 1. The Labute approximate surface area is 476 Å². The van der Waals surface area contributed by atoms with E-state index >= 15 is 0 Å². The lowest BCUT2D eigenvalue weighted by atomic mass is 9.74. The Bertz CT molecular complexity index is 1980. The number of carbonyl (C=O) groups excluding carboxylic acids is 2. The van der Waals surface area contributed by atoms with Gasteiger partial charge < -0.3 is 86.2 Å². The van der Waals surface area contributed by atoms with Crippen molar-refractivity contribution < 1.29 is 68.7 Å². The Morgan fingerprint density at radius 2 is 1.51 bits per heavy atom. The molecule has 79 heavy (non-hydrogen) atoms. The number of nitrogens with one attached hydrogen (secondary N) is 6. The maximum absolute atomic E-state index is 14.4. The van der Waals surface area contributed by atoms with Crippen molar-refractivity contribution in [3.8, 4) is 0 Å². The van der Waals surface area contributed by atoms with Gasteiger partial charge in [0.2, 0.25) is 5.91 Å². The molecular formula is C57H96BrN7O14. The molecule has 1 amide bonds. The Balaban J connectivity index is 1.04. The van der Waals surface area contributed by atoms with Crippen LogP contribution < -0.4 is 31.9 Å². The summed E-state index contributed by atoms with van der Waals surface area (Å²) in [6, 6.07) is 5.23. The van der Waals surface area contributed by atoms with Crippen LogP contribution in [-0.2, 0) is 51.2 Å². The Morgan fingerprint density at radius 3 is 2.22 bits per heavy atom. The smallest absolute Gasteiger partial charge is 0.332 e. The lowest BCUT2D eigenvalue weighted by Gasteiger charge is -2.49. The van der Waals surface area contributed by atoms with Crippen LogP contribution >= 0.6 is 15.9 Å². The van der Waals surface area contributed by atoms with Crippen LogP contribution in [0, 0.1) is 23.7 Å². The number of Topliss-reactive ketones (excluding diaryl/α,β-unsaturated/α-hetero) is 1. The first kappa shape index (κ1) is 64.2. The van der Waals surface area contributed by atoms with Gasteiger partial charge in [-0.15, -0.1) is 0 Å². The highest BCUT2D eigenvalue weighted by molar-refractivity contribution is 9.10. The monoisotopic (exact) mass is 1180 g/mol. The van der Waals surface area contributed by atoms with E-state index in [1.807, 2.05) is 6.92 Å². The van der Waals surface area contributed by atoms with E-state index in [0.717, 1.165) is 114 Å². The van der Waals surface area contributed by atoms with Crippen molar-refractivity contribution in [2.75, 3.05) is 78.6 Å². The third-order valence-corrected chi connectivity index (χ3v) is 18.0. The van der Waals surface area contributed by atoms with Crippen LogP contribution in [0.2, 0.25) is 0 Å². The molecule has 1 aromatic carbocycles. The van der Waals surface area contributed by atoms with Crippen LogP contribution in [0.1, 0.15) is 121 Å². The predicted octanol–water partition coefficient (Wildman–Crippen LogP) is 1.66. The molecule has 1 aromatic rings. The number of aliphatic carboxylic acids is 1. The van der Waals surface area contributed by atoms with Gasteiger partial charge in [0.25, 0.3) is 0 Å². The summed E-state index contributed by atoms with van der Waals surface area (Å²) in [6.07, 6.45) is -5.83. The molecule has 4 heterocycles. The van der Waals surface area contributed by atoms with Crippen molar-refractivity contribution in [2.45, 2.75) is 203 Å². The van der Waals surface area contributed by atoms with Crippen molar-refractivity contribution in [1.29, 1.82) is 0 Å². The van der Waals surface area contributed by atoms with Gasteiger partial charge in [-0.1, -0.05) is 73.5 Å². The van der Waals surface area contributed by atoms with Crippen molar-refractivity contribution in [3.05, 3.63) is 33.8 Å². The van der Waals surface area contributed by atoms with E-state index in [9.17, 15) is 45.0 Å². The third-order valence-electron chi connectivity index (χ3n) is 17.3. The Morgan fingerprint density at radius 1 is 0.785 bits per heavy atom. The van der Waals surface area contributed by atoms with Gasteiger partial charge in [-0.2, -0.15) is 0 Å². The highest BCUT2D eigenvalue weighted by Gasteiger charge is 2.53. The summed E-state index contributed by atoms with van der Waals surface area (Å²) >= 11 is 3.85. The first-order valence-corrected chi connectivity index (χ1v) is 30.7. The number of nitrogens with zero attached hydrogens (tertiary/aromatic N) is 1. The van der Waals surface area contributed by atoms with Gasteiger partial charge in [0.05, 0.1) is 24.9 Å². The molecule has 2 saturated carbocycles. The van der Waals surface area contributed by atoms with Crippen LogP contribution in [0.15, 0.2) is 22.7 Å². The Kier molecular flexibility index (Phi) is 27.0. The summed E-state index contributed by atoms with van der Waals surface area (Å²) in [6.45, 7) is 14.0. The number of rotatable bonds is 22. The SMILES string of the molecule is CCC1CC(C(=O)CCCNCc2ccc(CN3CCCNCCNCCCNCC3)c(Br)c2)CC(OC2OC(CO)C(O)C(O[C@@H](CC3CCCCC3)C(=O)O)C2NC(=O)C2CCNCC2)C1OC1OC(C)C(O)C(O)C1O. The van der Waals surface area contributed by atoms with Crippen LogP contribution in [0.4, 0.5) is 0 Å². The number of piperidine rings is 1. The molecule has 2 aliphatic carbocycles. The quantitative estimate of drug-likeness (QED) is 0.0736. The number of ketones is 1. The predicted molar refractivity (Wildman–Crippen MR) is 299 cm³/mol. The molecule has 0 bridgehead atoms. The second-order valence-corrected chi connectivity index (χ2v) is 24.0. The zero-order valence-electron chi connectivity index (χ0n) is 46.8. The lowest BCUT2D eigenvalue weighted by molar-refractivity contribution is -0.338. The van der Waals surface area contributed by atoms with E-state index in [4.69, 9.17) is 23.7 Å². The van der Waals surface area contributed by atoms with E-state index in [2.05, 4.69) is 70.9 Å². The molecular weight excluding hydrogens is 1090 g/mol. The second kappa shape index (κ2) is 33.2. The molecule has 6 aliphatic rings. The van der Waals surface area contributed by atoms with Crippen molar-refractivity contribution in [3.63, 3.8) is 0 Å². The van der Waals surface area contributed by atoms with Gasteiger partial charge in [0.15, 0.2) is 18.7 Å². The Hall–Kier alpha value is -2.33. The average Bonchev–Trinajstić information content (AvgIpc) is 3.62. The minimum Gasteiger partial charge on any atom is -0.479 e. The van der Waals surface area contributed by atoms with Crippen LogP contribution in [0.3, 0.4) is 0 Å². The molecule has 0 radical (unpaired) electrons. The van der Waals surface area contributed by atoms with Gasteiger partial charge in [0.1, 0.15) is 48.4 Å². The van der Waals surface area contributed by atoms with E-state index in [1.165, 1.54) is 5.56 Å². The molecule has 0 aromatic heterocycles. The van der Waals surface area contributed by atoms with Gasteiger partial charge in [0, 0.05) is 62.0 Å². The zero-order chi connectivity index (χ0) is 56.3. The van der Waals surface area contributed by atoms with E-state index < -0.39 is 104 Å². The first-order chi connectivity index (χ1) is 38.2. The third kappa shape index (κ3) is 19.1.